The van der Waals surface area contributed by atoms with Crippen LogP contribution in [-0.4, -0.2) is 24.5 Å². The highest BCUT2D eigenvalue weighted by molar-refractivity contribution is 5.75. The molecule has 2 aromatic heterocycles. The summed E-state index contributed by atoms with van der Waals surface area (Å²) in [5, 5.41) is 0. The van der Waals surface area contributed by atoms with Crippen molar-refractivity contribution in [2.45, 2.75) is 39.7 Å². The standard InChI is InChI=1S/C14H20N4O3/c1-9(19)7-5-6-8-18-10(2)15-12-11(18)13(20)17(4)14(21)16(12)3/h5-8H2,1-4H3. The van der Waals surface area contributed by atoms with Gasteiger partial charge in [-0.05, 0) is 26.7 Å². The van der Waals surface area contributed by atoms with Crippen molar-refractivity contribution in [3.05, 3.63) is 26.7 Å². The predicted molar refractivity (Wildman–Crippen MR) is 79.5 cm³/mol. The van der Waals surface area contributed by atoms with Crippen LogP contribution < -0.4 is 11.2 Å². The fourth-order valence-electron chi connectivity index (χ4n) is 2.47. The largest absolute Gasteiger partial charge is 0.332 e. The average molecular weight is 292 g/mol. The first-order chi connectivity index (χ1) is 9.84. The topological polar surface area (TPSA) is 78.9 Å². The molecular formula is C14H20N4O3. The number of imidazole rings is 1. The summed E-state index contributed by atoms with van der Waals surface area (Å²) in [5.41, 5.74) is 0.140. The van der Waals surface area contributed by atoms with Crippen molar-refractivity contribution < 1.29 is 4.79 Å². The number of carbonyl (C=O) groups is 1. The van der Waals surface area contributed by atoms with Crippen LogP contribution in [0.4, 0.5) is 0 Å². The summed E-state index contributed by atoms with van der Waals surface area (Å²) < 4.78 is 4.31. The molecule has 2 heterocycles. The molecule has 0 fully saturated rings. The molecule has 0 saturated heterocycles. The van der Waals surface area contributed by atoms with Gasteiger partial charge in [0.05, 0.1) is 0 Å². The number of Topliss-reactive ketones (excluding diaryl/α,β-unsaturated/α-hetero) is 1. The summed E-state index contributed by atoms with van der Waals surface area (Å²) in [4.78, 5) is 39.5. The lowest BCUT2D eigenvalue weighted by Crippen LogP contribution is -2.37. The van der Waals surface area contributed by atoms with Gasteiger partial charge in [-0.1, -0.05) is 0 Å². The summed E-state index contributed by atoms with van der Waals surface area (Å²) >= 11 is 0. The van der Waals surface area contributed by atoms with Crippen LogP contribution in [0.15, 0.2) is 9.59 Å². The second-order valence-electron chi connectivity index (χ2n) is 5.35. The van der Waals surface area contributed by atoms with Gasteiger partial charge in [0.2, 0.25) is 0 Å². The third-order valence-electron chi connectivity index (χ3n) is 3.70. The van der Waals surface area contributed by atoms with Gasteiger partial charge >= 0.3 is 5.69 Å². The Bertz CT molecular complexity index is 810. The molecule has 7 heteroatoms. The first-order valence-electron chi connectivity index (χ1n) is 6.97. The van der Waals surface area contributed by atoms with Crippen molar-refractivity contribution in [1.82, 2.24) is 18.7 Å². The Morgan fingerprint density at radius 1 is 1.14 bits per heavy atom. The minimum Gasteiger partial charge on any atom is -0.322 e. The van der Waals surface area contributed by atoms with Crippen LogP contribution in [0.25, 0.3) is 11.2 Å². The summed E-state index contributed by atoms with van der Waals surface area (Å²) in [5.74, 6) is 0.867. The van der Waals surface area contributed by atoms with Gasteiger partial charge in [-0.3, -0.25) is 13.9 Å². The highest BCUT2D eigenvalue weighted by atomic mass is 16.2. The lowest BCUT2D eigenvalue weighted by molar-refractivity contribution is -0.117. The average Bonchev–Trinajstić information content (AvgIpc) is 2.76. The zero-order valence-electron chi connectivity index (χ0n) is 12.8. The monoisotopic (exact) mass is 292 g/mol. The van der Waals surface area contributed by atoms with Crippen LogP contribution in [0.1, 0.15) is 32.0 Å². The number of ketones is 1. The van der Waals surface area contributed by atoms with Crippen molar-refractivity contribution in [2.24, 2.45) is 14.1 Å². The van der Waals surface area contributed by atoms with E-state index >= 15 is 0 Å². The fraction of sp³-hybridized carbons (Fsp3) is 0.571. The third kappa shape index (κ3) is 2.68. The lowest BCUT2D eigenvalue weighted by Gasteiger charge is -2.07. The summed E-state index contributed by atoms with van der Waals surface area (Å²) in [6.07, 6.45) is 2.11. The number of unbranched alkanes of at least 4 members (excludes halogenated alkanes) is 1. The molecule has 114 valence electrons. The van der Waals surface area contributed by atoms with E-state index in [9.17, 15) is 14.4 Å². The van der Waals surface area contributed by atoms with Crippen LogP contribution >= 0.6 is 0 Å². The van der Waals surface area contributed by atoms with E-state index in [1.807, 2.05) is 11.5 Å². The number of rotatable bonds is 5. The highest BCUT2D eigenvalue weighted by Gasteiger charge is 2.16. The Morgan fingerprint density at radius 2 is 1.81 bits per heavy atom. The van der Waals surface area contributed by atoms with E-state index in [4.69, 9.17) is 0 Å². The Balaban J connectivity index is 2.45. The van der Waals surface area contributed by atoms with Gasteiger partial charge in [-0.2, -0.15) is 0 Å². The fourth-order valence-corrected chi connectivity index (χ4v) is 2.47. The maximum atomic E-state index is 12.3. The summed E-state index contributed by atoms with van der Waals surface area (Å²) in [6.45, 7) is 4.00. The quantitative estimate of drug-likeness (QED) is 0.752. The lowest BCUT2D eigenvalue weighted by atomic mass is 10.2. The van der Waals surface area contributed by atoms with Gasteiger partial charge in [-0.25, -0.2) is 9.78 Å². The molecule has 0 saturated carbocycles. The van der Waals surface area contributed by atoms with Crippen LogP contribution in [0.2, 0.25) is 0 Å². The SMILES string of the molecule is CC(=O)CCCCn1c(C)nc2c1c(=O)n(C)c(=O)n2C. The second-order valence-corrected chi connectivity index (χ2v) is 5.35. The molecule has 0 bridgehead atoms. The first-order valence-corrected chi connectivity index (χ1v) is 6.97. The van der Waals surface area contributed by atoms with Gasteiger partial charge in [0.25, 0.3) is 5.56 Å². The normalized spacial score (nSPS) is 11.2. The van der Waals surface area contributed by atoms with Gasteiger partial charge in [-0.15, -0.1) is 0 Å². The molecule has 0 amide bonds. The number of carbonyl (C=O) groups excluding carboxylic acids is 1. The number of fused-ring (bicyclic) bond motifs is 1. The van der Waals surface area contributed by atoms with Gasteiger partial charge in [0.1, 0.15) is 11.6 Å². The van der Waals surface area contributed by atoms with Crippen molar-refractivity contribution >= 4 is 16.9 Å². The Kier molecular flexibility index (Phi) is 4.11. The van der Waals surface area contributed by atoms with Crippen LogP contribution in [0, 0.1) is 6.92 Å². The molecule has 2 aromatic rings. The Morgan fingerprint density at radius 3 is 2.43 bits per heavy atom. The number of aryl methyl sites for hydroxylation is 3. The predicted octanol–water partition coefficient (Wildman–Crippen LogP) is 0.501. The van der Waals surface area contributed by atoms with Crippen molar-refractivity contribution in [3.63, 3.8) is 0 Å². The number of nitrogens with zero attached hydrogens (tertiary/aromatic N) is 4. The Labute approximate surface area is 121 Å². The first kappa shape index (κ1) is 15.2. The van der Waals surface area contributed by atoms with Crippen LogP contribution in [-0.2, 0) is 25.4 Å². The second kappa shape index (κ2) is 5.67. The Hall–Kier alpha value is -2.18. The minimum absolute atomic E-state index is 0.167. The molecule has 0 aromatic carbocycles. The van der Waals surface area contributed by atoms with Crippen molar-refractivity contribution in [2.75, 3.05) is 0 Å². The third-order valence-corrected chi connectivity index (χ3v) is 3.70. The van der Waals surface area contributed by atoms with E-state index in [-0.39, 0.29) is 17.0 Å². The molecule has 21 heavy (non-hydrogen) atoms. The van der Waals surface area contributed by atoms with E-state index in [0.717, 1.165) is 17.4 Å². The van der Waals surface area contributed by atoms with E-state index in [1.165, 1.54) is 11.6 Å². The van der Waals surface area contributed by atoms with E-state index in [2.05, 4.69) is 4.98 Å². The molecule has 0 unspecified atom stereocenters. The molecule has 2 rings (SSSR count). The molecule has 0 aliphatic carbocycles. The minimum atomic E-state index is -0.381. The number of hydrogen-bond acceptors (Lipinski definition) is 4. The van der Waals surface area contributed by atoms with Gasteiger partial charge < -0.3 is 9.36 Å². The summed E-state index contributed by atoms with van der Waals surface area (Å²) in [6, 6.07) is 0. The number of hydrogen-bond donors (Lipinski definition) is 0. The van der Waals surface area contributed by atoms with E-state index in [0.29, 0.717) is 30.0 Å². The maximum absolute atomic E-state index is 12.3. The molecule has 0 spiro atoms. The maximum Gasteiger partial charge on any atom is 0.332 e. The molecule has 7 nitrogen and oxygen atoms in total. The van der Waals surface area contributed by atoms with E-state index in [1.54, 1.807) is 14.0 Å². The molecule has 0 atom stereocenters. The molecular weight excluding hydrogens is 272 g/mol. The zero-order chi connectivity index (χ0) is 15.7. The van der Waals surface area contributed by atoms with Crippen molar-refractivity contribution in [1.29, 1.82) is 0 Å². The van der Waals surface area contributed by atoms with Crippen LogP contribution in [0.3, 0.4) is 0 Å². The zero-order valence-corrected chi connectivity index (χ0v) is 12.8. The molecule has 0 aliphatic rings. The van der Waals surface area contributed by atoms with Crippen molar-refractivity contribution in [3.8, 4) is 0 Å². The number of aromatic nitrogens is 4. The smallest absolute Gasteiger partial charge is 0.322 e. The molecule has 0 aliphatic heterocycles. The highest BCUT2D eigenvalue weighted by Crippen LogP contribution is 2.12. The van der Waals surface area contributed by atoms with E-state index < -0.39 is 0 Å². The van der Waals surface area contributed by atoms with Gasteiger partial charge in [0.15, 0.2) is 11.2 Å². The van der Waals surface area contributed by atoms with Gasteiger partial charge in [0, 0.05) is 27.1 Å². The molecule has 0 N–H and O–H groups in total. The van der Waals surface area contributed by atoms with Crippen LogP contribution in [0.5, 0.6) is 0 Å². The molecule has 0 radical (unpaired) electrons. The summed E-state index contributed by atoms with van der Waals surface area (Å²) in [7, 11) is 3.07.